The van der Waals surface area contributed by atoms with Crippen molar-refractivity contribution in [1.29, 1.82) is 0 Å². The molecule has 0 aliphatic rings. The van der Waals surface area contributed by atoms with Crippen LogP contribution in [0.2, 0.25) is 0 Å². The van der Waals surface area contributed by atoms with Crippen LogP contribution in [0, 0.1) is 11.6 Å². The van der Waals surface area contributed by atoms with E-state index in [-0.39, 0.29) is 17.7 Å². The number of nitrogens with zero attached hydrogens (tertiary/aromatic N) is 1. The third kappa shape index (κ3) is 3.37. The zero-order valence-corrected chi connectivity index (χ0v) is 11.7. The largest absolute Gasteiger partial charge is 0.386 e. The maximum Gasteiger partial charge on any atom is 0.251 e. The summed E-state index contributed by atoms with van der Waals surface area (Å²) in [5, 5.41) is 12.1. The van der Waals surface area contributed by atoms with Gasteiger partial charge in [0.15, 0.2) is 0 Å². The third-order valence-electron chi connectivity index (χ3n) is 3.16. The molecule has 1 aromatic carbocycles. The molecule has 5 nitrogen and oxygen atoms in total. The molecule has 22 heavy (non-hydrogen) atoms. The van der Waals surface area contributed by atoms with Crippen molar-refractivity contribution in [1.82, 2.24) is 9.88 Å². The van der Waals surface area contributed by atoms with Crippen molar-refractivity contribution >= 4 is 5.91 Å². The summed E-state index contributed by atoms with van der Waals surface area (Å²) in [7, 11) is 1.54. The zero-order valence-electron chi connectivity index (χ0n) is 11.7. The van der Waals surface area contributed by atoms with E-state index in [0.29, 0.717) is 0 Å². The van der Waals surface area contributed by atoms with Crippen LogP contribution in [-0.2, 0) is 7.05 Å². The summed E-state index contributed by atoms with van der Waals surface area (Å²) < 4.78 is 28.3. The minimum Gasteiger partial charge on any atom is -0.386 e. The van der Waals surface area contributed by atoms with Crippen LogP contribution in [0.15, 0.2) is 41.3 Å². The van der Waals surface area contributed by atoms with Crippen LogP contribution in [0.3, 0.4) is 0 Å². The molecule has 2 rings (SSSR count). The molecule has 0 aliphatic carbocycles. The Kier molecular flexibility index (Phi) is 4.67. The standard InChI is InChI=1S/C15H14F2N2O3/c1-19-6-5-9(7-13(19)21)15(22)18-8-12(20)14-10(16)3-2-4-11(14)17/h2-7,12,20H,8H2,1H3,(H,18,22). The number of benzene rings is 1. The molecule has 0 saturated heterocycles. The lowest BCUT2D eigenvalue weighted by Gasteiger charge is -2.14. The van der Waals surface area contributed by atoms with Gasteiger partial charge in [0.2, 0.25) is 0 Å². The highest BCUT2D eigenvalue weighted by molar-refractivity contribution is 5.93. The lowest BCUT2D eigenvalue weighted by atomic mass is 10.1. The number of hydrogen-bond acceptors (Lipinski definition) is 3. The van der Waals surface area contributed by atoms with E-state index in [1.165, 1.54) is 29.9 Å². The summed E-state index contributed by atoms with van der Waals surface area (Å²) in [6.07, 6.45) is -0.110. The molecule has 1 aromatic heterocycles. The molecule has 7 heteroatoms. The maximum atomic E-state index is 13.5. The highest BCUT2D eigenvalue weighted by Crippen LogP contribution is 2.19. The molecule has 116 valence electrons. The molecule has 1 atom stereocenters. The monoisotopic (exact) mass is 308 g/mol. The number of aryl methyl sites for hydroxylation is 1. The minimum absolute atomic E-state index is 0.101. The van der Waals surface area contributed by atoms with Crippen molar-refractivity contribution in [2.45, 2.75) is 6.10 Å². The number of aliphatic hydroxyl groups is 1. The molecule has 2 N–H and O–H groups in total. The first-order valence-corrected chi connectivity index (χ1v) is 6.47. The van der Waals surface area contributed by atoms with E-state index >= 15 is 0 Å². The lowest BCUT2D eigenvalue weighted by molar-refractivity contribution is 0.0911. The van der Waals surface area contributed by atoms with Gasteiger partial charge >= 0.3 is 0 Å². The average molecular weight is 308 g/mol. The van der Waals surface area contributed by atoms with Crippen molar-refractivity contribution in [3.8, 4) is 0 Å². The minimum atomic E-state index is -1.53. The van der Waals surface area contributed by atoms with Crippen molar-refractivity contribution in [3.63, 3.8) is 0 Å². The van der Waals surface area contributed by atoms with E-state index < -0.39 is 29.2 Å². The molecule has 0 saturated carbocycles. The van der Waals surface area contributed by atoms with E-state index in [9.17, 15) is 23.5 Å². The summed E-state index contributed by atoms with van der Waals surface area (Å²) in [6, 6.07) is 5.77. The van der Waals surface area contributed by atoms with Gasteiger partial charge in [0.1, 0.15) is 17.7 Å². The van der Waals surface area contributed by atoms with Crippen LogP contribution in [0.25, 0.3) is 0 Å². The number of halogens is 2. The Morgan fingerprint density at radius 3 is 2.55 bits per heavy atom. The van der Waals surface area contributed by atoms with Gasteiger partial charge in [-0.3, -0.25) is 9.59 Å². The number of pyridine rings is 1. The highest BCUT2D eigenvalue weighted by Gasteiger charge is 2.18. The van der Waals surface area contributed by atoms with Gasteiger partial charge in [-0.2, -0.15) is 0 Å². The second-order valence-electron chi connectivity index (χ2n) is 4.73. The van der Waals surface area contributed by atoms with E-state index in [1.54, 1.807) is 0 Å². The van der Waals surface area contributed by atoms with Gasteiger partial charge in [0, 0.05) is 31.4 Å². The second kappa shape index (κ2) is 6.48. The zero-order chi connectivity index (χ0) is 16.3. The predicted octanol–water partition coefficient (Wildman–Crippen LogP) is 1.13. The highest BCUT2D eigenvalue weighted by atomic mass is 19.1. The summed E-state index contributed by atoms with van der Waals surface area (Å²) in [5.41, 5.74) is -0.774. The number of rotatable bonds is 4. The topological polar surface area (TPSA) is 71.3 Å². The quantitative estimate of drug-likeness (QED) is 0.889. The summed E-state index contributed by atoms with van der Waals surface area (Å²) in [5.74, 6) is -2.40. The van der Waals surface area contributed by atoms with Gasteiger partial charge in [0.25, 0.3) is 11.5 Å². The smallest absolute Gasteiger partial charge is 0.251 e. The van der Waals surface area contributed by atoms with Gasteiger partial charge in [0.05, 0.1) is 5.56 Å². The first-order chi connectivity index (χ1) is 10.4. The van der Waals surface area contributed by atoms with Crippen molar-refractivity contribution in [2.75, 3.05) is 6.54 Å². The molecule has 0 radical (unpaired) electrons. The number of carbonyl (C=O) groups excluding carboxylic acids is 1. The summed E-state index contributed by atoms with van der Waals surface area (Å²) in [4.78, 5) is 23.3. The van der Waals surface area contributed by atoms with Crippen LogP contribution in [0.1, 0.15) is 22.0 Å². The van der Waals surface area contributed by atoms with Crippen LogP contribution < -0.4 is 10.9 Å². The van der Waals surface area contributed by atoms with E-state index in [2.05, 4.69) is 5.32 Å². The molecular formula is C15H14F2N2O3. The molecule has 1 unspecified atom stereocenters. The third-order valence-corrected chi connectivity index (χ3v) is 3.16. The molecule has 0 aliphatic heterocycles. The molecule has 0 bridgehead atoms. The number of carbonyl (C=O) groups is 1. The molecule has 0 fully saturated rings. The molecule has 0 spiro atoms. The van der Waals surface area contributed by atoms with Gasteiger partial charge in [-0.15, -0.1) is 0 Å². The van der Waals surface area contributed by atoms with Crippen molar-refractivity contribution < 1.29 is 18.7 Å². The number of aromatic nitrogens is 1. The fourth-order valence-electron chi connectivity index (χ4n) is 1.91. The van der Waals surface area contributed by atoms with Crippen LogP contribution in [0.5, 0.6) is 0 Å². The van der Waals surface area contributed by atoms with E-state index in [4.69, 9.17) is 0 Å². The maximum absolute atomic E-state index is 13.5. The van der Waals surface area contributed by atoms with Crippen LogP contribution in [-0.4, -0.2) is 22.1 Å². The number of nitrogens with one attached hydrogen (secondary N) is 1. The summed E-state index contributed by atoms with van der Waals surface area (Å²) in [6.45, 7) is -0.383. The molecule has 1 amide bonds. The normalized spacial score (nSPS) is 12.0. The predicted molar refractivity (Wildman–Crippen MR) is 75.3 cm³/mol. The Bertz CT molecular complexity index is 738. The lowest BCUT2D eigenvalue weighted by Crippen LogP contribution is -2.30. The Morgan fingerprint density at radius 1 is 1.32 bits per heavy atom. The van der Waals surface area contributed by atoms with Crippen LogP contribution >= 0.6 is 0 Å². The fraction of sp³-hybridized carbons (Fsp3) is 0.200. The Hall–Kier alpha value is -2.54. The van der Waals surface area contributed by atoms with Crippen LogP contribution in [0.4, 0.5) is 8.78 Å². The van der Waals surface area contributed by atoms with Gasteiger partial charge < -0.3 is 15.0 Å². The Balaban J connectivity index is 2.07. The first-order valence-electron chi connectivity index (χ1n) is 6.47. The van der Waals surface area contributed by atoms with E-state index in [1.807, 2.05) is 0 Å². The Morgan fingerprint density at radius 2 is 1.95 bits per heavy atom. The summed E-state index contributed by atoms with van der Waals surface area (Å²) >= 11 is 0. The molecule has 1 heterocycles. The van der Waals surface area contributed by atoms with Crippen molar-refractivity contribution in [2.24, 2.45) is 7.05 Å². The Labute approximate surface area is 124 Å². The van der Waals surface area contributed by atoms with Gasteiger partial charge in [-0.05, 0) is 18.2 Å². The van der Waals surface area contributed by atoms with Crippen molar-refractivity contribution in [3.05, 3.63) is 69.6 Å². The fourth-order valence-corrected chi connectivity index (χ4v) is 1.91. The first kappa shape index (κ1) is 15.8. The van der Waals surface area contributed by atoms with Gasteiger partial charge in [-0.1, -0.05) is 6.07 Å². The molecule has 2 aromatic rings. The second-order valence-corrected chi connectivity index (χ2v) is 4.73. The number of amides is 1. The van der Waals surface area contributed by atoms with E-state index in [0.717, 1.165) is 18.2 Å². The van der Waals surface area contributed by atoms with Gasteiger partial charge in [-0.25, -0.2) is 8.78 Å². The number of aliphatic hydroxyl groups excluding tert-OH is 1. The SMILES string of the molecule is Cn1ccc(C(=O)NCC(O)c2c(F)cccc2F)cc1=O. The molecular weight excluding hydrogens is 294 g/mol. The average Bonchev–Trinajstić information content (AvgIpc) is 2.47. The number of hydrogen-bond donors (Lipinski definition) is 2.